The number of hydrogen-bond donors (Lipinski definition) is 3. The number of carbonyl (C=O) groups excluding carboxylic acids is 1. The smallest absolute Gasteiger partial charge is 0.243 e. The zero-order valence-electron chi connectivity index (χ0n) is 12.0. The lowest BCUT2D eigenvalue weighted by atomic mass is 9.76. The van der Waals surface area contributed by atoms with Crippen molar-refractivity contribution in [3.8, 4) is 0 Å². The monoisotopic (exact) mass is 279 g/mol. The van der Waals surface area contributed by atoms with Crippen LogP contribution in [0.4, 0.5) is 10.1 Å². The summed E-state index contributed by atoms with van der Waals surface area (Å²) in [7, 11) is 0. The molecule has 0 aromatic heterocycles. The molecule has 1 aliphatic heterocycles. The number of aryl methyl sites for hydroxylation is 1. The van der Waals surface area contributed by atoms with E-state index in [0.717, 1.165) is 25.1 Å². The standard InChI is InChI=1S/C15H22FN3O/c1-3-11-9-18-5-4-15(11,14(17)20)19-13-7-10(2)6-12(16)8-13/h6-8,11,18-19H,3-5,9H2,1-2H3,(H2,17,20). The summed E-state index contributed by atoms with van der Waals surface area (Å²) in [5.41, 5.74) is 6.29. The fourth-order valence-electron chi connectivity index (χ4n) is 3.05. The van der Waals surface area contributed by atoms with Crippen molar-refractivity contribution in [2.24, 2.45) is 11.7 Å². The predicted octanol–water partition coefficient (Wildman–Crippen LogP) is 1.79. The first kappa shape index (κ1) is 14.8. The van der Waals surface area contributed by atoms with E-state index in [1.54, 1.807) is 0 Å². The third-order valence-electron chi connectivity index (χ3n) is 4.13. The maximum absolute atomic E-state index is 13.5. The molecule has 1 heterocycles. The van der Waals surface area contributed by atoms with Crippen LogP contribution in [0.3, 0.4) is 0 Å². The number of carbonyl (C=O) groups is 1. The molecule has 110 valence electrons. The minimum absolute atomic E-state index is 0.0947. The van der Waals surface area contributed by atoms with Crippen LogP contribution < -0.4 is 16.4 Å². The van der Waals surface area contributed by atoms with Crippen LogP contribution in [-0.2, 0) is 4.79 Å². The lowest BCUT2D eigenvalue weighted by Gasteiger charge is -2.43. The maximum Gasteiger partial charge on any atom is 0.243 e. The number of nitrogens with two attached hydrogens (primary N) is 1. The number of amides is 1. The molecule has 1 saturated heterocycles. The Hall–Kier alpha value is -1.62. The van der Waals surface area contributed by atoms with Gasteiger partial charge in [0.15, 0.2) is 0 Å². The zero-order valence-corrected chi connectivity index (χ0v) is 12.0. The van der Waals surface area contributed by atoms with Crippen molar-refractivity contribution in [3.63, 3.8) is 0 Å². The summed E-state index contributed by atoms with van der Waals surface area (Å²) in [6, 6.07) is 4.71. The molecule has 0 aliphatic carbocycles. The number of hydrogen-bond acceptors (Lipinski definition) is 3. The summed E-state index contributed by atoms with van der Waals surface area (Å²) in [6.45, 7) is 5.32. The summed E-state index contributed by atoms with van der Waals surface area (Å²) in [4.78, 5) is 12.1. The van der Waals surface area contributed by atoms with Crippen molar-refractivity contribution < 1.29 is 9.18 Å². The molecule has 20 heavy (non-hydrogen) atoms. The molecule has 2 unspecified atom stereocenters. The van der Waals surface area contributed by atoms with Crippen LogP contribution in [0, 0.1) is 18.7 Å². The van der Waals surface area contributed by atoms with Crippen molar-refractivity contribution in [2.45, 2.75) is 32.2 Å². The van der Waals surface area contributed by atoms with Gasteiger partial charge < -0.3 is 16.4 Å². The highest BCUT2D eigenvalue weighted by atomic mass is 19.1. The Morgan fingerprint density at radius 3 is 2.90 bits per heavy atom. The van der Waals surface area contributed by atoms with Crippen LogP contribution in [0.5, 0.6) is 0 Å². The molecule has 1 aromatic carbocycles. The van der Waals surface area contributed by atoms with Gasteiger partial charge in [0.05, 0.1) is 0 Å². The first-order chi connectivity index (χ1) is 9.48. The molecule has 1 aromatic rings. The van der Waals surface area contributed by atoms with Crippen molar-refractivity contribution in [1.29, 1.82) is 0 Å². The Balaban J connectivity index is 2.35. The molecule has 0 radical (unpaired) electrons. The number of anilines is 1. The Labute approximate surface area is 118 Å². The Morgan fingerprint density at radius 2 is 2.30 bits per heavy atom. The second-order valence-corrected chi connectivity index (χ2v) is 5.54. The van der Waals surface area contributed by atoms with E-state index in [1.165, 1.54) is 12.1 Å². The summed E-state index contributed by atoms with van der Waals surface area (Å²) in [5.74, 6) is -0.584. The number of benzene rings is 1. The van der Waals surface area contributed by atoms with Crippen molar-refractivity contribution >= 4 is 11.6 Å². The normalized spacial score (nSPS) is 26.2. The summed E-state index contributed by atoms with van der Waals surface area (Å²) < 4.78 is 13.5. The van der Waals surface area contributed by atoms with E-state index >= 15 is 0 Å². The second kappa shape index (κ2) is 5.79. The zero-order chi connectivity index (χ0) is 14.8. The summed E-state index contributed by atoms with van der Waals surface area (Å²) >= 11 is 0. The Morgan fingerprint density at radius 1 is 1.55 bits per heavy atom. The molecular weight excluding hydrogens is 257 g/mol. The van der Waals surface area contributed by atoms with Crippen LogP contribution in [-0.4, -0.2) is 24.5 Å². The highest BCUT2D eigenvalue weighted by Gasteiger charge is 2.45. The fraction of sp³-hybridized carbons (Fsp3) is 0.533. The van der Waals surface area contributed by atoms with Crippen molar-refractivity contribution in [1.82, 2.24) is 5.32 Å². The van der Waals surface area contributed by atoms with E-state index in [2.05, 4.69) is 10.6 Å². The minimum atomic E-state index is -0.805. The Bertz CT molecular complexity index is 486. The van der Waals surface area contributed by atoms with Gasteiger partial charge in [-0.2, -0.15) is 0 Å². The van der Waals surface area contributed by atoms with Gasteiger partial charge in [0, 0.05) is 18.2 Å². The quantitative estimate of drug-likeness (QED) is 0.787. The van der Waals surface area contributed by atoms with Gasteiger partial charge in [0.2, 0.25) is 5.91 Å². The Kier molecular flexibility index (Phi) is 4.28. The SMILES string of the molecule is CCC1CNCCC1(Nc1cc(C)cc(F)c1)C(N)=O. The molecule has 4 nitrogen and oxygen atoms in total. The van der Waals surface area contributed by atoms with E-state index in [4.69, 9.17) is 5.73 Å². The van der Waals surface area contributed by atoms with E-state index < -0.39 is 5.54 Å². The highest BCUT2D eigenvalue weighted by molar-refractivity contribution is 5.88. The van der Waals surface area contributed by atoms with Crippen molar-refractivity contribution in [2.75, 3.05) is 18.4 Å². The molecule has 0 saturated carbocycles. The third kappa shape index (κ3) is 2.77. The van der Waals surface area contributed by atoms with Crippen LogP contribution in [0.25, 0.3) is 0 Å². The average molecular weight is 279 g/mol. The topological polar surface area (TPSA) is 67.2 Å². The molecule has 0 spiro atoms. The molecule has 1 amide bonds. The number of piperidine rings is 1. The number of halogens is 1. The second-order valence-electron chi connectivity index (χ2n) is 5.54. The molecular formula is C15H22FN3O. The fourth-order valence-corrected chi connectivity index (χ4v) is 3.05. The lowest BCUT2D eigenvalue weighted by molar-refractivity contribution is -0.125. The van der Waals surface area contributed by atoms with E-state index in [-0.39, 0.29) is 17.6 Å². The van der Waals surface area contributed by atoms with Crippen LogP contribution in [0.15, 0.2) is 18.2 Å². The van der Waals surface area contributed by atoms with Gasteiger partial charge in [-0.1, -0.05) is 6.92 Å². The molecule has 4 N–H and O–H groups in total. The van der Waals surface area contributed by atoms with Gasteiger partial charge in [-0.15, -0.1) is 0 Å². The lowest BCUT2D eigenvalue weighted by Crippen LogP contribution is -2.62. The van der Waals surface area contributed by atoms with Gasteiger partial charge in [0.1, 0.15) is 11.4 Å². The molecule has 2 rings (SSSR count). The first-order valence-corrected chi connectivity index (χ1v) is 7.04. The minimum Gasteiger partial charge on any atom is -0.371 e. The van der Waals surface area contributed by atoms with Gasteiger partial charge in [-0.05, 0) is 50.1 Å². The highest BCUT2D eigenvalue weighted by Crippen LogP contribution is 2.31. The van der Waals surface area contributed by atoms with E-state index in [1.807, 2.05) is 19.9 Å². The van der Waals surface area contributed by atoms with Gasteiger partial charge in [-0.3, -0.25) is 4.79 Å². The molecule has 5 heteroatoms. The first-order valence-electron chi connectivity index (χ1n) is 7.04. The average Bonchev–Trinajstić information content (AvgIpc) is 2.37. The maximum atomic E-state index is 13.5. The molecule has 0 bridgehead atoms. The van der Waals surface area contributed by atoms with E-state index in [9.17, 15) is 9.18 Å². The van der Waals surface area contributed by atoms with Crippen LogP contribution in [0.2, 0.25) is 0 Å². The number of rotatable bonds is 4. The largest absolute Gasteiger partial charge is 0.371 e. The summed E-state index contributed by atoms with van der Waals surface area (Å²) in [6.07, 6.45) is 1.44. The summed E-state index contributed by atoms with van der Waals surface area (Å²) in [5, 5.41) is 6.50. The van der Waals surface area contributed by atoms with Gasteiger partial charge in [0.25, 0.3) is 0 Å². The molecule has 1 fully saturated rings. The molecule has 2 atom stereocenters. The van der Waals surface area contributed by atoms with Crippen molar-refractivity contribution in [3.05, 3.63) is 29.6 Å². The number of primary amides is 1. The van der Waals surface area contributed by atoms with Crippen LogP contribution >= 0.6 is 0 Å². The molecule has 1 aliphatic rings. The predicted molar refractivity (Wildman–Crippen MR) is 78.0 cm³/mol. The number of nitrogens with one attached hydrogen (secondary N) is 2. The van der Waals surface area contributed by atoms with Gasteiger partial charge >= 0.3 is 0 Å². The third-order valence-corrected chi connectivity index (χ3v) is 4.13. The van der Waals surface area contributed by atoms with Gasteiger partial charge in [-0.25, -0.2) is 4.39 Å². The van der Waals surface area contributed by atoms with Crippen LogP contribution in [0.1, 0.15) is 25.3 Å². The van der Waals surface area contributed by atoms with E-state index in [0.29, 0.717) is 12.1 Å².